The minimum absolute atomic E-state index is 0.0231. The van der Waals surface area contributed by atoms with Crippen LogP contribution in [0, 0.1) is 0 Å². The molecule has 25 heavy (non-hydrogen) atoms. The molecule has 0 radical (unpaired) electrons. The molecule has 0 spiro atoms. The second kappa shape index (κ2) is 6.11. The monoisotopic (exact) mass is 355 g/mol. The number of aliphatic hydroxyl groups excluding tert-OH is 3. The Kier molecular flexibility index (Phi) is 4.04. The van der Waals surface area contributed by atoms with Crippen molar-refractivity contribution >= 4 is 17.5 Å². The standard InChI is InChI=1S/C14H21N5O6/c15-14-16-11-8(12(23)17-14)18(3-6-1-2-24-6)5-19(11)13-10(22)9(21)7(4-20)25-13/h6-7,9-10,13,20-22H,1-5H2,(H3,15,16,17,23)/t6?,7-,9-,10-,13-/m1/s1. The number of rotatable bonds is 4. The molecular weight excluding hydrogens is 334 g/mol. The summed E-state index contributed by atoms with van der Waals surface area (Å²) >= 11 is 0. The molecule has 11 nitrogen and oxygen atoms in total. The number of H-pyrrole nitrogens is 1. The predicted molar refractivity (Wildman–Crippen MR) is 86.1 cm³/mol. The normalized spacial score (nSPS) is 34.3. The third kappa shape index (κ3) is 2.64. The molecule has 5 atom stereocenters. The second-order valence-electron chi connectivity index (χ2n) is 6.47. The Morgan fingerprint density at radius 2 is 2.12 bits per heavy atom. The van der Waals surface area contributed by atoms with Gasteiger partial charge in [0.1, 0.15) is 24.0 Å². The lowest BCUT2D eigenvalue weighted by Crippen LogP contribution is -2.48. The van der Waals surface area contributed by atoms with Crippen LogP contribution in [0.15, 0.2) is 4.79 Å². The number of aromatic amines is 1. The van der Waals surface area contributed by atoms with Crippen LogP contribution in [0.2, 0.25) is 0 Å². The topological polar surface area (TPSA) is 157 Å². The Hall–Kier alpha value is -1.92. The highest BCUT2D eigenvalue weighted by molar-refractivity contribution is 5.73. The number of nitrogen functional groups attached to an aromatic ring is 1. The van der Waals surface area contributed by atoms with Gasteiger partial charge in [-0.25, -0.2) is 0 Å². The summed E-state index contributed by atoms with van der Waals surface area (Å²) in [5, 5.41) is 29.6. The second-order valence-corrected chi connectivity index (χ2v) is 6.47. The molecule has 11 heteroatoms. The summed E-state index contributed by atoms with van der Waals surface area (Å²) in [6.45, 7) is 0.981. The molecule has 2 saturated heterocycles. The van der Waals surface area contributed by atoms with Gasteiger partial charge in [0.2, 0.25) is 5.95 Å². The maximum atomic E-state index is 12.4. The summed E-state index contributed by atoms with van der Waals surface area (Å²) in [6.07, 6.45) is -3.43. The molecule has 0 saturated carbocycles. The zero-order chi connectivity index (χ0) is 17.7. The Morgan fingerprint density at radius 3 is 2.72 bits per heavy atom. The van der Waals surface area contributed by atoms with Crippen LogP contribution in [0.4, 0.5) is 17.5 Å². The lowest BCUT2D eigenvalue weighted by molar-refractivity contribution is -0.0449. The average Bonchev–Trinajstić information content (AvgIpc) is 3.02. The molecule has 4 heterocycles. The lowest BCUT2D eigenvalue weighted by Gasteiger charge is -2.32. The Labute approximate surface area is 142 Å². The van der Waals surface area contributed by atoms with Crippen molar-refractivity contribution in [2.45, 2.75) is 37.1 Å². The minimum Gasteiger partial charge on any atom is -0.394 e. The number of hydrogen-bond acceptors (Lipinski definition) is 10. The van der Waals surface area contributed by atoms with E-state index in [2.05, 4.69) is 9.97 Å². The Morgan fingerprint density at radius 1 is 1.36 bits per heavy atom. The van der Waals surface area contributed by atoms with E-state index in [0.29, 0.717) is 18.8 Å². The number of anilines is 3. The van der Waals surface area contributed by atoms with Crippen LogP contribution in [-0.2, 0) is 9.47 Å². The van der Waals surface area contributed by atoms with Crippen LogP contribution in [0.3, 0.4) is 0 Å². The third-order valence-electron chi connectivity index (χ3n) is 4.85. The number of hydrogen-bond donors (Lipinski definition) is 5. The third-order valence-corrected chi connectivity index (χ3v) is 4.85. The minimum atomic E-state index is -1.26. The van der Waals surface area contributed by atoms with Crippen LogP contribution in [0.25, 0.3) is 0 Å². The van der Waals surface area contributed by atoms with Crippen molar-refractivity contribution in [3.8, 4) is 0 Å². The first kappa shape index (κ1) is 16.5. The zero-order valence-electron chi connectivity index (χ0n) is 13.4. The molecule has 3 aliphatic rings. The quantitative estimate of drug-likeness (QED) is 0.381. The van der Waals surface area contributed by atoms with Crippen molar-refractivity contribution in [3.05, 3.63) is 10.4 Å². The molecule has 0 amide bonds. The molecule has 4 rings (SSSR count). The van der Waals surface area contributed by atoms with E-state index in [1.807, 2.05) is 0 Å². The van der Waals surface area contributed by atoms with Gasteiger partial charge in [-0.1, -0.05) is 0 Å². The van der Waals surface area contributed by atoms with Crippen molar-refractivity contribution in [1.29, 1.82) is 0 Å². The summed E-state index contributed by atoms with van der Waals surface area (Å²) in [4.78, 5) is 22.4. The van der Waals surface area contributed by atoms with Gasteiger partial charge in [0.15, 0.2) is 12.0 Å². The zero-order valence-corrected chi connectivity index (χ0v) is 13.4. The van der Waals surface area contributed by atoms with E-state index in [1.54, 1.807) is 9.80 Å². The molecule has 0 bridgehead atoms. The lowest BCUT2D eigenvalue weighted by atomic mass is 10.1. The van der Waals surface area contributed by atoms with E-state index in [-0.39, 0.29) is 24.5 Å². The van der Waals surface area contributed by atoms with Crippen molar-refractivity contribution in [1.82, 2.24) is 9.97 Å². The highest BCUT2D eigenvalue weighted by Crippen LogP contribution is 2.37. The molecule has 1 aromatic rings. The summed E-state index contributed by atoms with van der Waals surface area (Å²) in [6, 6.07) is 0. The number of aromatic nitrogens is 2. The van der Waals surface area contributed by atoms with Crippen LogP contribution in [-0.4, -0.2) is 82.4 Å². The van der Waals surface area contributed by atoms with Gasteiger partial charge in [0, 0.05) is 13.2 Å². The number of nitrogens with zero attached hydrogens (tertiary/aromatic N) is 3. The van der Waals surface area contributed by atoms with Crippen molar-refractivity contribution < 1.29 is 24.8 Å². The first-order valence-electron chi connectivity index (χ1n) is 8.15. The highest BCUT2D eigenvalue weighted by Gasteiger charge is 2.49. The van der Waals surface area contributed by atoms with E-state index in [1.165, 1.54) is 0 Å². The number of fused-ring (bicyclic) bond motifs is 1. The summed E-state index contributed by atoms with van der Waals surface area (Å²) in [5.74, 6) is 0.220. The maximum absolute atomic E-state index is 12.4. The SMILES string of the molecule is Nc1nc2c(c(=O)[nH]1)N(CC1CCO1)CN2[C@@H]1O[C@H](CO)[C@@H](O)[C@H]1O. The van der Waals surface area contributed by atoms with Gasteiger partial charge in [0.25, 0.3) is 5.56 Å². The predicted octanol–water partition coefficient (Wildman–Crippen LogP) is -2.84. The van der Waals surface area contributed by atoms with Gasteiger partial charge in [-0.3, -0.25) is 9.78 Å². The van der Waals surface area contributed by atoms with E-state index in [4.69, 9.17) is 15.2 Å². The highest BCUT2D eigenvalue weighted by atomic mass is 16.6. The molecule has 6 N–H and O–H groups in total. The number of nitrogens with one attached hydrogen (secondary N) is 1. The number of aliphatic hydroxyl groups is 3. The Bertz CT molecular complexity index is 709. The molecule has 3 aliphatic heterocycles. The van der Waals surface area contributed by atoms with E-state index in [9.17, 15) is 20.1 Å². The van der Waals surface area contributed by atoms with Crippen molar-refractivity contribution in [2.24, 2.45) is 0 Å². The molecule has 2 fully saturated rings. The van der Waals surface area contributed by atoms with E-state index < -0.39 is 36.7 Å². The fourth-order valence-electron chi connectivity index (χ4n) is 3.44. The van der Waals surface area contributed by atoms with Crippen LogP contribution >= 0.6 is 0 Å². The largest absolute Gasteiger partial charge is 0.394 e. The fourth-order valence-corrected chi connectivity index (χ4v) is 3.44. The first-order valence-corrected chi connectivity index (χ1v) is 8.15. The maximum Gasteiger partial charge on any atom is 0.278 e. The first-order chi connectivity index (χ1) is 12.0. The fraction of sp³-hybridized carbons (Fsp3) is 0.714. The molecule has 138 valence electrons. The summed E-state index contributed by atoms with van der Waals surface area (Å²) in [5.41, 5.74) is 5.59. The van der Waals surface area contributed by atoms with Gasteiger partial charge in [-0.15, -0.1) is 0 Å². The van der Waals surface area contributed by atoms with Gasteiger partial charge in [-0.2, -0.15) is 4.98 Å². The summed E-state index contributed by atoms with van der Waals surface area (Å²) < 4.78 is 11.0. The van der Waals surface area contributed by atoms with Gasteiger partial charge < -0.3 is 40.3 Å². The van der Waals surface area contributed by atoms with Gasteiger partial charge >= 0.3 is 0 Å². The Balaban J connectivity index is 1.67. The molecular formula is C14H21N5O6. The van der Waals surface area contributed by atoms with Gasteiger partial charge in [-0.05, 0) is 6.42 Å². The van der Waals surface area contributed by atoms with Crippen molar-refractivity contribution in [3.63, 3.8) is 0 Å². The average molecular weight is 355 g/mol. The van der Waals surface area contributed by atoms with Crippen LogP contribution < -0.4 is 21.1 Å². The van der Waals surface area contributed by atoms with Crippen molar-refractivity contribution in [2.75, 3.05) is 42.0 Å². The molecule has 1 aromatic heterocycles. The van der Waals surface area contributed by atoms with Crippen LogP contribution in [0.5, 0.6) is 0 Å². The summed E-state index contributed by atoms with van der Waals surface area (Å²) in [7, 11) is 0. The smallest absolute Gasteiger partial charge is 0.278 e. The van der Waals surface area contributed by atoms with E-state index in [0.717, 1.165) is 6.42 Å². The molecule has 0 aromatic carbocycles. The number of nitrogens with two attached hydrogens (primary N) is 1. The number of ether oxygens (including phenoxy) is 2. The van der Waals surface area contributed by atoms with Gasteiger partial charge in [0.05, 0.1) is 19.4 Å². The molecule has 0 aliphatic carbocycles. The van der Waals surface area contributed by atoms with Crippen LogP contribution in [0.1, 0.15) is 6.42 Å². The van der Waals surface area contributed by atoms with E-state index >= 15 is 0 Å². The molecule has 1 unspecified atom stereocenters.